The molecule has 0 bridgehead atoms. The zero-order valence-corrected chi connectivity index (χ0v) is 11.4. The van der Waals surface area contributed by atoms with Gasteiger partial charge < -0.3 is 0 Å². The monoisotopic (exact) mass is 241 g/mol. The Balaban J connectivity index is 0.000000352. The Kier molecular flexibility index (Phi) is 8.12. The lowest BCUT2D eigenvalue weighted by Crippen LogP contribution is -1.90. The molecule has 2 aromatic heterocycles. The van der Waals surface area contributed by atoms with E-state index in [-0.39, 0.29) is 7.43 Å². The van der Waals surface area contributed by atoms with Crippen molar-refractivity contribution >= 4 is 6.08 Å². The molecule has 2 rings (SSSR count). The maximum absolute atomic E-state index is 4.25. The number of rotatable bonds is 2. The minimum atomic E-state index is 0. The molecule has 0 saturated heterocycles. The van der Waals surface area contributed by atoms with Crippen LogP contribution in [0.4, 0.5) is 0 Å². The molecule has 2 heterocycles. The van der Waals surface area contributed by atoms with E-state index in [0.717, 1.165) is 17.7 Å². The number of hydrogen-bond donors (Lipinski definition) is 0. The molecule has 0 aliphatic rings. The SMILES string of the molecule is C=Cc1cnc(C)c(CC)c1.[CH3].c1ccncc1. The van der Waals surface area contributed by atoms with Crippen LogP contribution in [-0.4, -0.2) is 9.97 Å². The molecule has 0 N–H and O–H groups in total. The molecular formula is C16H21N2. The van der Waals surface area contributed by atoms with Crippen LogP contribution in [-0.2, 0) is 6.42 Å². The largest absolute Gasteiger partial charge is 0.265 e. The molecule has 1 radical (unpaired) electrons. The Morgan fingerprint density at radius 2 is 1.89 bits per heavy atom. The standard InChI is InChI=1S/C10H13N.C5H5N.CH3/c1-4-9-6-10(5-2)8(3)11-7-9;1-2-4-6-5-3-1;/h4,6-7H,1,5H2,2-3H3;1-5H;1H3. The molecule has 0 aromatic carbocycles. The van der Waals surface area contributed by atoms with Crippen molar-refractivity contribution < 1.29 is 0 Å². The van der Waals surface area contributed by atoms with Gasteiger partial charge in [-0.1, -0.05) is 33.1 Å². The summed E-state index contributed by atoms with van der Waals surface area (Å²) in [5.41, 5.74) is 3.54. The highest BCUT2D eigenvalue weighted by Crippen LogP contribution is 2.09. The normalized spacial score (nSPS) is 8.56. The summed E-state index contributed by atoms with van der Waals surface area (Å²) in [5.74, 6) is 0. The molecule has 2 aromatic rings. The van der Waals surface area contributed by atoms with Gasteiger partial charge in [-0.15, -0.1) is 0 Å². The van der Waals surface area contributed by atoms with Crippen LogP contribution in [0, 0.1) is 14.4 Å². The fourth-order valence-corrected chi connectivity index (χ4v) is 1.38. The second-order valence-corrected chi connectivity index (χ2v) is 3.60. The first-order valence-corrected chi connectivity index (χ1v) is 5.71. The van der Waals surface area contributed by atoms with Gasteiger partial charge in [0.05, 0.1) is 0 Å². The van der Waals surface area contributed by atoms with Gasteiger partial charge in [-0.3, -0.25) is 9.97 Å². The van der Waals surface area contributed by atoms with E-state index < -0.39 is 0 Å². The molecule has 18 heavy (non-hydrogen) atoms. The molecule has 2 heteroatoms. The minimum Gasteiger partial charge on any atom is -0.265 e. The van der Waals surface area contributed by atoms with Crippen LogP contribution < -0.4 is 0 Å². The molecule has 0 spiro atoms. The fraction of sp³-hybridized carbons (Fsp3) is 0.188. The zero-order valence-electron chi connectivity index (χ0n) is 11.4. The molecule has 0 aliphatic carbocycles. The van der Waals surface area contributed by atoms with Crippen molar-refractivity contribution in [2.45, 2.75) is 20.3 Å². The molecular weight excluding hydrogens is 220 g/mol. The van der Waals surface area contributed by atoms with Crippen molar-refractivity contribution in [3.05, 3.63) is 73.7 Å². The first kappa shape index (κ1) is 16.0. The van der Waals surface area contributed by atoms with E-state index in [9.17, 15) is 0 Å². The van der Waals surface area contributed by atoms with Crippen LogP contribution in [0.3, 0.4) is 0 Å². The highest BCUT2D eigenvalue weighted by atomic mass is 14.7. The van der Waals surface area contributed by atoms with Crippen LogP contribution in [0.5, 0.6) is 0 Å². The Bertz CT molecular complexity index is 423. The topological polar surface area (TPSA) is 25.8 Å². The zero-order chi connectivity index (χ0) is 12.5. The summed E-state index contributed by atoms with van der Waals surface area (Å²) >= 11 is 0. The first-order chi connectivity index (χ1) is 8.27. The van der Waals surface area contributed by atoms with Gasteiger partial charge in [0.1, 0.15) is 0 Å². The van der Waals surface area contributed by atoms with Crippen molar-refractivity contribution in [1.82, 2.24) is 9.97 Å². The number of hydrogen-bond acceptors (Lipinski definition) is 2. The van der Waals surface area contributed by atoms with Crippen molar-refractivity contribution in [1.29, 1.82) is 0 Å². The highest BCUT2D eigenvalue weighted by Gasteiger charge is 1.96. The number of nitrogens with zero attached hydrogens (tertiary/aromatic N) is 2. The Hall–Kier alpha value is -1.96. The molecule has 0 amide bonds. The van der Waals surface area contributed by atoms with Gasteiger partial charge in [0, 0.05) is 24.3 Å². The smallest absolute Gasteiger partial charge is 0.0404 e. The average Bonchev–Trinajstić information content (AvgIpc) is 2.42. The van der Waals surface area contributed by atoms with Gasteiger partial charge in [-0.25, -0.2) is 0 Å². The van der Waals surface area contributed by atoms with Crippen molar-refractivity contribution in [3.8, 4) is 0 Å². The maximum atomic E-state index is 4.25. The molecule has 0 saturated carbocycles. The van der Waals surface area contributed by atoms with E-state index in [2.05, 4.69) is 29.5 Å². The van der Waals surface area contributed by atoms with Gasteiger partial charge in [0.15, 0.2) is 0 Å². The molecule has 0 aliphatic heterocycles. The second kappa shape index (κ2) is 9.11. The Labute approximate surface area is 110 Å². The Morgan fingerprint density at radius 1 is 1.22 bits per heavy atom. The molecule has 0 atom stereocenters. The van der Waals surface area contributed by atoms with E-state index in [1.165, 1.54) is 5.56 Å². The van der Waals surface area contributed by atoms with Gasteiger partial charge in [-0.2, -0.15) is 0 Å². The fourth-order valence-electron chi connectivity index (χ4n) is 1.38. The highest BCUT2D eigenvalue weighted by molar-refractivity contribution is 5.47. The van der Waals surface area contributed by atoms with Crippen molar-refractivity contribution in [3.63, 3.8) is 0 Å². The lowest BCUT2D eigenvalue weighted by atomic mass is 10.1. The number of pyridine rings is 2. The lowest BCUT2D eigenvalue weighted by Gasteiger charge is -2.01. The van der Waals surface area contributed by atoms with E-state index >= 15 is 0 Å². The first-order valence-electron chi connectivity index (χ1n) is 5.71. The summed E-state index contributed by atoms with van der Waals surface area (Å²) in [5, 5.41) is 0. The average molecular weight is 241 g/mol. The molecule has 95 valence electrons. The minimum absolute atomic E-state index is 0. The summed E-state index contributed by atoms with van der Waals surface area (Å²) < 4.78 is 0. The van der Waals surface area contributed by atoms with Gasteiger partial charge in [0.2, 0.25) is 0 Å². The van der Waals surface area contributed by atoms with Crippen LogP contribution in [0.15, 0.2) is 49.4 Å². The van der Waals surface area contributed by atoms with Crippen molar-refractivity contribution in [2.24, 2.45) is 0 Å². The van der Waals surface area contributed by atoms with E-state index in [4.69, 9.17) is 0 Å². The van der Waals surface area contributed by atoms with Gasteiger partial charge in [0.25, 0.3) is 0 Å². The number of aromatic nitrogens is 2. The van der Waals surface area contributed by atoms with Crippen LogP contribution >= 0.6 is 0 Å². The van der Waals surface area contributed by atoms with Gasteiger partial charge in [-0.05, 0) is 42.7 Å². The third-order valence-electron chi connectivity index (χ3n) is 2.40. The van der Waals surface area contributed by atoms with E-state index in [1.807, 2.05) is 37.4 Å². The quantitative estimate of drug-likeness (QED) is 0.790. The lowest BCUT2D eigenvalue weighted by molar-refractivity contribution is 1.04. The number of aryl methyl sites for hydroxylation is 2. The van der Waals surface area contributed by atoms with Crippen LogP contribution in [0.25, 0.3) is 6.08 Å². The molecule has 0 fully saturated rings. The maximum Gasteiger partial charge on any atom is 0.0404 e. The molecule has 2 nitrogen and oxygen atoms in total. The van der Waals surface area contributed by atoms with E-state index in [0.29, 0.717) is 0 Å². The summed E-state index contributed by atoms with van der Waals surface area (Å²) in [6, 6.07) is 7.85. The summed E-state index contributed by atoms with van der Waals surface area (Å²) in [4.78, 5) is 8.03. The molecule has 0 unspecified atom stereocenters. The van der Waals surface area contributed by atoms with Crippen LogP contribution in [0.1, 0.15) is 23.7 Å². The summed E-state index contributed by atoms with van der Waals surface area (Å²) in [6.45, 7) is 7.87. The van der Waals surface area contributed by atoms with Gasteiger partial charge >= 0.3 is 0 Å². The third kappa shape index (κ3) is 5.39. The van der Waals surface area contributed by atoms with Crippen LogP contribution in [0.2, 0.25) is 0 Å². The summed E-state index contributed by atoms with van der Waals surface area (Å²) in [7, 11) is 0. The predicted molar refractivity (Wildman–Crippen MR) is 79.1 cm³/mol. The predicted octanol–water partition coefficient (Wildman–Crippen LogP) is 4.13. The summed E-state index contributed by atoms with van der Waals surface area (Å²) in [6.07, 6.45) is 8.22. The third-order valence-corrected chi connectivity index (χ3v) is 2.40. The van der Waals surface area contributed by atoms with Crippen molar-refractivity contribution in [2.75, 3.05) is 0 Å². The van der Waals surface area contributed by atoms with E-state index in [1.54, 1.807) is 12.4 Å². The second-order valence-electron chi connectivity index (χ2n) is 3.60. The Morgan fingerprint density at radius 3 is 2.28 bits per heavy atom.